The van der Waals surface area contributed by atoms with Crippen LogP contribution in [0.15, 0.2) is 5.10 Å². The molecule has 0 amide bonds. The first-order chi connectivity index (χ1) is 7.33. The van der Waals surface area contributed by atoms with Crippen molar-refractivity contribution in [1.82, 2.24) is 5.43 Å². The van der Waals surface area contributed by atoms with Gasteiger partial charge in [-0.15, -0.1) is 11.6 Å². The van der Waals surface area contributed by atoms with E-state index in [1.165, 1.54) is 35.8 Å². The van der Waals surface area contributed by atoms with Crippen LogP contribution in [0.3, 0.4) is 0 Å². The van der Waals surface area contributed by atoms with Crippen LogP contribution in [0.25, 0.3) is 0 Å². The Kier molecular flexibility index (Phi) is 7.75. The van der Waals surface area contributed by atoms with Crippen LogP contribution >= 0.6 is 35.1 Å². The molecule has 88 valence electrons. The van der Waals surface area contributed by atoms with Crippen LogP contribution in [-0.4, -0.2) is 21.9 Å². The maximum Gasteiger partial charge on any atom is 0.151 e. The van der Waals surface area contributed by atoms with Gasteiger partial charge in [-0.2, -0.15) is 5.10 Å². The minimum Gasteiger partial charge on any atom is -0.298 e. The molecular formula is C10H19ClN2S2. The predicted octanol–water partition coefficient (Wildman–Crippen LogP) is 3.72. The van der Waals surface area contributed by atoms with Crippen LogP contribution < -0.4 is 5.43 Å². The number of nitrogens with one attached hydrogen (secondary N) is 1. The Morgan fingerprint density at radius 2 is 2.40 bits per heavy atom. The highest BCUT2D eigenvalue weighted by atomic mass is 35.5. The van der Waals surface area contributed by atoms with Gasteiger partial charge in [-0.3, -0.25) is 5.43 Å². The van der Waals surface area contributed by atoms with E-state index in [1.54, 1.807) is 11.8 Å². The summed E-state index contributed by atoms with van der Waals surface area (Å²) in [5.41, 5.74) is 2.96. The Labute approximate surface area is 106 Å². The lowest BCUT2D eigenvalue weighted by Gasteiger charge is -2.06. The van der Waals surface area contributed by atoms with Gasteiger partial charge in [0.2, 0.25) is 0 Å². The normalized spacial score (nSPS) is 17.3. The second-order valence-electron chi connectivity index (χ2n) is 3.78. The van der Waals surface area contributed by atoms with Gasteiger partial charge in [0.05, 0.1) is 5.88 Å². The van der Waals surface area contributed by atoms with E-state index >= 15 is 0 Å². The predicted molar refractivity (Wildman–Crippen MR) is 73.8 cm³/mol. The van der Waals surface area contributed by atoms with Crippen molar-refractivity contribution in [2.45, 2.75) is 32.6 Å². The number of hydrogen-bond donors (Lipinski definition) is 1. The highest BCUT2D eigenvalue weighted by Gasteiger charge is 2.06. The molecular weight excluding hydrogens is 248 g/mol. The van der Waals surface area contributed by atoms with E-state index in [0.29, 0.717) is 5.92 Å². The van der Waals surface area contributed by atoms with E-state index < -0.39 is 0 Å². The Morgan fingerprint density at radius 3 is 3.07 bits per heavy atom. The lowest BCUT2D eigenvalue weighted by molar-refractivity contribution is 0.540. The molecule has 1 aliphatic rings. The number of hydrazone groups is 1. The number of halogens is 1. The number of thioether (sulfide) groups is 2. The van der Waals surface area contributed by atoms with Crippen LogP contribution in [0, 0.1) is 5.92 Å². The molecule has 0 saturated carbocycles. The van der Waals surface area contributed by atoms with Gasteiger partial charge in [-0.25, -0.2) is 0 Å². The minimum absolute atomic E-state index is 0.679. The SMILES string of the molecule is CC(CCl)CCCCCSC1=NNCS1. The highest BCUT2D eigenvalue weighted by Crippen LogP contribution is 2.21. The molecule has 0 radical (unpaired) electrons. The molecule has 2 nitrogen and oxygen atoms in total. The summed E-state index contributed by atoms with van der Waals surface area (Å²) < 4.78 is 1.20. The quantitative estimate of drug-likeness (QED) is 0.561. The molecule has 0 spiro atoms. The van der Waals surface area contributed by atoms with E-state index in [-0.39, 0.29) is 0 Å². The van der Waals surface area contributed by atoms with Gasteiger partial charge in [0, 0.05) is 11.6 Å². The second-order valence-corrected chi connectivity index (χ2v) is 6.40. The topological polar surface area (TPSA) is 24.4 Å². The van der Waals surface area contributed by atoms with E-state index in [4.69, 9.17) is 11.6 Å². The number of alkyl halides is 1. The van der Waals surface area contributed by atoms with E-state index in [9.17, 15) is 0 Å². The first kappa shape index (κ1) is 13.5. The second kappa shape index (κ2) is 8.59. The van der Waals surface area contributed by atoms with Gasteiger partial charge >= 0.3 is 0 Å². The molecule has 1 aliphatic heterocycles. The van der Waals surface area contributed by atoms with E-state index in [2.05, 4.69) is 17.5 Å². The summed E-state index contributed by atoms with van der Waals surface area (Å²) in [6.07, 6.45) is 5.19. The molecule has 1 unspecified atom stereocenters. The highest BCUT2D eigenvalue weighted by molar-refractivity contribution is 8.39. The molecule has 0 bridgehead atoms. The molecule has 1 N–H and O–H groups in total. The molecule has 0 aliphatic carbocycles. The largest absolute Gasteiger partial charge is 0.298 e. The summed E-state index contributed by atoms with van der Waals surface area (Å²) in [7, 11) is 0. The first-order valence-corrected chi connectivity index (χ1v) is 7.95. The third-order valence-electron chi connectivity index (χ3n) is 2.26. The van der Waals surface area contributed by atoms with Crippen molar-refractivity contribution in [2.24, 2.45) is 11.0 Å². The monoisotopic (exact) mass is 266 g/mol. The fourth-order valence-electron chi connectivity index (χ4n) is 1.31. The Hall–Kier alpha value is 0.460. The molecule has 1 atom stereocenters. The fourth-order valence-corrected chi connectivity index (χ4v) is 3.25. The van der Waals surface area contributed by atoms with Crippen LogP contribution in [0.2, 0.25) is 0 Å². The van der Waals surface area contributed by atoms with Crippen molar-refractivity contribution in [3.63, 3.8) is 0 Å². The van der Waals surface area contributed by atoms with Gasteiger partial charge in [0.1, 0.15) is 0 Å². The van der Waals surface area contributed by atoms with Gasteiger partial charge in [-0.05, 0) is 18.8 Å². The van der Waals surface area contributed by atoms with Crippen molar-refractivity contribution >= 4 is 39.5 Å². The molecule has 15 heavy (non-hydrogen) atoms. The Bertz CT molecular complexity index is 200. The summed E-state index contributed by atoms with van der Waals surface area (Å²) in [6, 6.07) is 0. The molecule has 1 rings (SSSR count). The smallest absolute Gasteiger partial charge is 0.151 e. The number of unbranched alkanes of at least 4 members (excludes halogenated alkanes) is 2. The van der Waals surface area contributed by atoms with Gasteiger partial charge in [0.15, 0.2) is 4.38 Å². The van der Waals surface area contributed by atoms with Crippen molar-refractivity contribution in [1.29, 1.82) is 0 Å². The van der Waals surface area contributed by atoms with Gasteiger partial charge in [0.25, 0.3) is 0 Å². The lowest BCUT2D eigenvalue weighted by Crippen LogP contribution is -1.95. The average Bonchev–Trinajstić information content (AvgIpc) is 2.75. The molecule has 1 heterocycles. The maximum absolute atomic E-state index is 5.75. The lowest BCUT2D eigenvalue weighted by atomic mass is 10.1. The molecule has 0 aromatic rings. The molecule has 5 heteroatoms. The Morgan fingerprint density at radius 1 is 1.53 bits per heavy atom. The van der Waals surface area contributed by atoms with E-state index in [1.807, 2.05) is 11.8 Å². The summed E-state index contributed by atoms with van der Waals surface area (Å²) >= 11 is 9.42. The molecule has 0 fully saturated rings. The van der Waals surface area contributed by atoms with E-state index in [0.717, 1.165) is 11.8 Å². The Balaban J connectivity index is 1.84. The van der Waals surface area contributed by atoms with Gasteiger partial charge in [-0.1, -0.05) is 43.3 Å². The summed E-state index contributed by atoms with van der Waals surface area (Å²) in [5, 5.41) is 4.17. The van der Waals surface area contributed by atoms with Crippen molar-refractivity contribution in [2.75, 3.05) is 17.5 Å². The van der Waals surface area contributed by atoms with Gasteiger partial charge < -0.3 is 0 Å². The molecule has 0 saturated heterocycles. The average molecular weight is 267 g/mol. The van der Waals surface area contributed by atoms with Crippen LogP contribution in [0.5, 0.6) is 0 Å². The summed E-state index contributed by atoms with van der Waals surface area (Å²) in [4.78, 5) is 0. The number of hydrogen-bond acceptors (Lipinski definition) is 4. The third-order valence-corrected chi connectivity index (χ3v) is 4.94. The molecule has 0 aromatic carbocycles. The minimum atomic E-state index is 0.679. The zero-order valence-corrected chi connectivity index (χ0v) is 11.6. The van der Waals surface area contributed by atoms with Crippen LogP contribution in [0.4, 0.5) is 0 Å². The first-order valence-electron chi connectivity index (χ1n) is 5.45. The zero-order chi connectivity index (χ0) is 10.9. The maximum atomic E-state index is 5.75. The number of nitrogens with zero attached hydrogens (tertiary/aromatic N) is 1. The van der Waals surface area contributed by atoms with Crippen molar-refractivity contribution in [3.8, 4) is 0 Å². The number of rotatable bonds is 7. The summed E-state index contributed by atoms with van der Waals surface area (Å²) in [5.74, 6) is 3.62. The zero-order valence-electron chi connectivity index (χ0n) is 9.17. The molecule has 0 aromatic heterocycles. The van der Waals surface area contributed by atoms with Crippen LogP contribution in [-0.2, 0) is 0 Å². The summed E-state index contributed by atoms with van der Waals surface area (Å²) in [6.45, 7) is 2.22. The fraction of sp³-hybridized carbons (Fsp3) is 0.900. The van der Waals surface area contributed by atoms with Crippen molar-refractivity contribution in [3.05, 3.63) is 0 Å². The third kappa shape index (κ3) is 6.59. The standard InChI is InChI=1S/C10H19ClN2S2/c1-9(7-11)5-3-2-4-6-14-10-13-12-8-15-10/h9,12H,2-8H2,1H3. The van der Waals surface area contributed by atoms with Crippen molar-refractivity contribution < 1.29 is 0 Å². The van der Waals surface area contributed by atoms with Crippen LogP contribution in [0.1, 0.15) is 32.6 Å².